The van der Waals surface area contributed by atoms with E-state index in [1.807, 2.05) is 24.3 Å². The molecule has 0 amide bonds. The van der Waals surface area contributed by atoms with Gasteiger partial charge in [-0.05, 0) is 77.2 Å². The largest absolute Gasteiger partial charge is 0.340 e. The van der Waals surface area contributed by atoms with Crippen LogP contribution in [0.3, 0.4) is 0 Å². The number of hydrazone groups is 2. The van der Waals surface area contributed by atoms with Crippen molar-refractivity contribution in [3.05, 3.63) is 118 Å². The van der Waals surface area contributed by atoms with Crippen LogP contribution in [0, 0.1) is 68.0 Å². The number of aromatic nitrogens is 1. The van der Waals surface area contributed by atoms with Crippen LogP contribution < -0.4 is 10.9 Å². The van der Waals surface area contributed by atoms with Crippen molar-refractivity contribution in [2.45, 2.75) is 39.2 Å². The molecule has 0 bridgehead atoms. The van der Waals surface area contributed by atoms with Crippen LogP contribution in [0.25, 0.3) is 33.0 Å². The van der Waals surface area contributed by atoms with E-state index < -0.39 is 0 Å². The fourth-order valence-electron chi connectivity index (χ4n) is 5.83. The van der Waals surface area contributed by atoms with E-state index in [1.54, 1.807) is 85.2 Å². The lowest BCUT2D eigenvalue weighted by atomic mass is 10.0. The summed E-state index contributed by atoms with van der Waals surface area (Å²) in [7, 11) is 0. The summed E-state index contributed by atoms with van der Waals surface area (Å²) in [5, 5.41) is 66.4. The molecule has 5 rings (SSSR count). The zero-order chi connectivity index (χ0) is 37.6. The van der Waals surface area contributed by atoms with Gasteiger partial charge in [0, 0.05) is 28.4 Å². The van der Waals surface area contributed by atoms with Crippen molar-refractivity contribution in [1.82, 2.24) is 4.57 Å². The van der Waals surface area contributed by atoms with E-state index >= 15 is 0 Å². The molecule has 0 fully saturated rings. The fraction of sp³-hybridized carbons (Fsp3) is 0.143. The Morgan fingerprint density at radius 2 is 1.00 bits per heavy atom. The van der Waals surface area contributed by atoms with Crippen molar-refractivity contribution >= 4 is 56.8 Å². The van der Waals surface area contributed by atoms with Gasteiger partial charge in [-0.2, -0.15) is 41.8 Å². The van der Waals surface area contributed by atoms with Gasteiger partial charge >= 0.3 is 0 Å². The first-order valence-corrected chi connectivity index (χ1v) is 16.7. The molecule has 2 N–H and O–H groups in total. The molecule has 4 aromatic carbocycles. The summed E-state index contributed by atoms with van der Waals surface area (Å²) in [5.41, 5.74) is 11.9. The number of nitrogens with zero attached hydrogens (tertiary/aromatic N) is 9. The first-order chi connectivity index (χ1) is 26.0. The van der Waals surface area contributed by atoms with Gasteiger partial charge in [0.1, 0.15) is 47.6 Å². The molecule has 0 aliphatic heterocycles. The van der Waals surface area contributed by atoms with Crippen molar-refractivity contribution in [3.8, 4) is 36.4 Å². The SMILES string of the molecule is CCCCCCn1c2ccc(C=NNc3ccc(C(C#N)=C(C#N)C#N)cc3)cc2c2cc(C=NNc3ccc(C(C#N)=C(C#N)C#N)cc3)ccc21. The summed E-state index contributed by atoms with van der Waals surface area (Å²) in [4.78, 5) is 0. The van der Waals surface area contributed by atoms with Gasteiger partial charge in [-0.1, -0.05) is 62.6 Å². The Bertz CT molecular complexity index is 2340. The minimum absolute atomic E-state index is 0.0256. The van der Waals surface area contributed by atoms with E-state index in [1.165, 1.54) is 6.42 Å². The van der Waals surface area contributed by atoms with Crippen LogP contribution in [0.15, 0.2) is 106 Å². The van der Waals surface area contributed by atoms with E-state index in [0.717, 1.165) is 58.7 Å². The lowest BCUT2D eigenvalue weighted by Crippen LogP contribution is -1.98. The number of nitriles is 6. The number of aryl methyl sites for hydroxylation is 1. The van der Waals surface area contributed by atoms with E-state index in [-0.39, 0.29) is 22.3 Å². The van der Waals surface area contributed by atoms with Crippen LogP contribution in [0.5, 0.6) is 0 Å². The number of anilines is 2. The van der Waals surface area contributed by atoms with E-state index in [0.29, 0.717) is 22.5 Å². The second-order valence-corrected chi connectivity index (χ2v) is 11.8. The van der Waals surface area contributed by atoms with Gasteiger partial charge in [0.2, 0.25) is 0 Å². The van der Waals surface area contributed by atoms with Gasteiger partial charge < -0.3 is 4.57 Å². The Balaban J connectivity index is 1.38. The second kappa shape index (κ2) is 17.6. The minimum atomic E-state index is -0.234. The molecule has 0 radical (unpaired) electrons. The Morgan fingerprint density at radius 3 is 1.38 bits per heavy atom. The Hall–Kier alpha value is -7.96. The van der Waals surface area contributed by atoms with Gasteiger partial charge in [0.25, 0.3) is 0 Å². The summed E-state index contributed by atoms with van der Waals surface area (Å²) in [6.45, 7) is 3.10. The summed E-state index contributed by atoms with van der Waals surface area (Å²) in [6, 6.07) is 37.0. The smallest absolute Gasteiger partial charge is 0.148 e. The second-order valence-electron chi connectivity index (χ2n) is 11.8. The number of nitrogens with one attached hydrogen (secondary N) is 2. The van der Waals surface area contributed by atoms with Crippen LogP contribution in [0.2, 0.25) is 0 Å². The molecule has 5 aromatic rings. The zero-order valence-electron chi connectivity index (χ0n) is 28.8. The maximum atomic E-state index is 9.42. The maximum Gasteiger partial charge on any atom is 0.148 e. The third kappa shape index (κ3) is 8.44. The van der Waals surface area contributed by atoms with Gasteiger partial charge in [-0.3, -0.25) is 10.9 Å². The van der Waals surface area contributed by atoms with Crippen LogP contribution >= 0.6 is 0 Å². The van der Waals surface area contributed by atoms with Crippen LogP contribution in [-0.2, 0) is 6.54 Å². The average Bonchev–Trinajstić information content (AvgIpc) is 3.50. The highest BCUT2D eigenvalue weighted by Crippen LogP contribution is 2.31. The molecule has 0 spiro atoms. The Morgan fingerprint density at radius 1 is 0.566 bits per heavy atom. The van der Waals surface area contributed by atoms with Crippen LogP contribution in [-0.4, -0.2) is 17.0 Å². The van der Waals surface area contributed by atoms with Crippen molar-refractivity contribution in [3.63, 3.8) is 0 Å². The topological polar surface area (TPSA) is 196 Å². The first-order valence-electron chi connectivity index (χ1n) is 16.7. The number of hydrogen-bond donors (Lipinski definition) is 2. The molecule has 0 aliphatic carbocycles. The van der Waals surface area contributed by atoms with E-state index in [2.05, 4.69) is 56.8 Å². The number of unbranched alkanes of at least 4 members (excludes halogenated alkanes) is 3. The average molecular weight is 690 g/mol. The van der Waals surface area contributed by atoms with E-state index in [9.17, 15) is 10.5 Å². The molecule has 254 valence electrons. The molecule has 0 saturated heterocycles. The molecule has 0 atom stereocenters. The zero-order valence-corrected chi connectivity index (χ0v) is 28.8. The van der Waals surface area contributed by atoms with Crippen molar-refractivity contribution in [2.24, 2.45) is 10.2 Å². The van der Waals surface area contributed by atoms with Crippen molar-refractivity contribution in [2.75, 3.05) is 10.9 Å². The lowest BCUT2D eigenvalue weighted by molar-refractivity contribution is 0.602. The summed E-state index contributed by atoms with van der Waals surface area (Å²) in [5.74, 6) is 0. The first kappa shape index (κ1) is 36.3. The molecular weight excluding hydrogens is 659 g/mol. The number of rotatable bonds is 13. The van der Waals surface area contributed by atoms with Crippen molar-refractivity contribution < 1.29 is 0 Å². The van der Waals surface area contributed by atoms with Crippen molar-refractivity contribution in [1.29, 1.82) is 31.6 Å². The van der Waals surface area contributed by atoms with Crippen LogP contribution in [0.1, 0.15) is 54.9 Å². The molecular formula is C42H31N11. The highest BCUT2D eigenvalue weighted by atomic mass is 15.3. The molecule has 11 nitrogen and oxygen atoms in total. The van der Waals surface area contributed by atoms with Gasteiger partial charge in [0.05, 0.1) is 35.0 Å². The summed E-state index contributed by atoms with van der Waals surface area (Å²) in [6.07, 6.45) is 8.06. The molecule has 11 heteroatoms. The molecule has 1 aromatic heterocycles. The molecule has 53 heavy (non-hydrogen) atoms. The highest BCUT2D eigenvalue weighted by molar-refractivity contribution is 6.11. The standard InChI is InChI=1S/C42H31N11/c1-2-3-4-5-18-53-41-16-6-29(27-49-51-35-12-8-31(9-13-35)39(25-47)33(21-43)22-44)19-37(41)38-20-30(7-17-42(38)53)28-50-52-36-14-10-32(11-15-36)40(26-48)34(23-45)24-46/h6-17,19-20,27-28,51-52H,2-5,18H2,1H3. The predicted molar refractivity (Wildman–Crippen MR) is 206 cm³/mol. The quantitative estimate of drug-likeness (QED) is 0.0528. The molecule has 0 unspecified atom stereocenters. The normalized spacial score (nSPS) is 10.5. The lowest BCUT2D eigenvalue weighted by Gasteiger charge is -2.07. The van der Waals surface area contributed by atoms with Gasteiger partial charge in [-0.25, -0.2) is 0 Å². The number of allylic oxidation sites excluding steroid dienone is 4. The molecule has 1 heterocycles. The molecule has 0 aliphatic rings. The monoisotopic (exact) mass is 689 g/mol. The maximum absolute atomic E-state index is 9.42. The summed E-state index contributed by atoms with van der Waals surface area (Å²) >= 11 is 0. The predicted octanol–water partition coefficient (Wildman–Crippen LogP) is 8.92. The fourth-order valence-corrected chi connectivity index (χ4v) is 5.83. The number of hydrogen-bond acceptors (Lipinski definition) is 10. The Labute approximate surface area is 307 Å². The third-order valence-corrected chi connectivity index (χ3v) is 8.48. The summed E-state index contributed by atoms with van der Waals surface area (Å²) < 4.78 is 2.36. The number of fused-ring (bicyclic) bond motifs is 3. The van der Waals surface area contributed by atoms with Crippen LogP contribution in [0.4, 0.5) is 11.4 Å². The van der Waals surface area contributed by atoms with E-state index in [4.69, 9.17) is 21.0 Å². The Kier molecular flexibility index (Phi) is 12.1. The number of benzene rings is 4. The van der Waals surface area contributed by atoms with Gasteiger partial charge in [0.15, 0.2) is 0 Å². The van der Waals surface area contributed by atoms with Gasteiger partial charge in [-0.15, -0.1) is 0 Å². The third-order valence-electron chi connectivity index (χ3n) is 8.48. The molecule has 0 saturated carbocycles. The minimum Gasteiger partial charge on any atom is -0.340 e. The highest BCUT2D eigenvalue weighted by Gasteiger charge is 2.13.